The van der Waals surface area contributed by atoms with Crippen molar-refractivity contribution >= 4 is 87.5 Å². The summed E-state index contributed by atoms with van der Waals surface area (Å²) in [6.07, 6.45) is 0. The fourth-order valence-corrected chi connectivity index (χ4v) is 9.98. The molecule has 0 aliphatic heterocycles. The molecule has 0 aliphatic carbocycles. The van der Waals surface area contributed by atoms with Crippen LogP contribution in [0.15, 0.2) is 209 Å². The summed E-state index contributed by atoms with van der Waals surface area (Å²) in [5, 5.41) is 8.74. The number of furan rings is 2. The quantitative estimate of drug-likeness (QED) is 0.173. The summed E-state index contributed by atoms with van der Waals surface area (Å²) in [6, 6.07) is 69.6. The first-order valence-corrected chi connectivity index (χ1v) is 21.4. The smallest absolute Gasteiger partial charge is 0.164 e. The van der Waals surface area contributed by atoms with Crippen LogP contribution in [0.25, 0.3) is 133 Å². The van der Waals surface area contributed by atoms with Gasteiger partial charge in [-0.1, -0.05) is 127 Å². The van der Waals surface area contributed by atoms with Gasteiger partial charge in [-0.15, -0.1) is 0 Å². The molecule has 5 aromatic heterocycles. The number of hydrogen-bond acceptors (Lipinski definition) is 5. The van der Waals surface area contributed by atoms with E-state index in [1.54, 1.807) is 0 Å². The minimum atomic E-state index is 0.548. The Morgan fingerprint density at radius 2 is 0.906 bits per heavy atom. The molecule has 14 rings (SSSR count). The maximum atomic E-state index is 6.78. The van der Waals surface area contributed by atoms with Crippen molar-refractivity contribution in [3.05, 3.63) is 200 Å². The van der Waals surface area contributed by atoms with Gasteiger partial charge >= 0.3 is 0 Å². The molecule has 0 N–H and O–H groups in total. The third kappa shape index (κ3) is 5.06. The van der Waals surface area contributed by atoms with Gasteiger partial charge in [-0.25, -0.2) is 15.0 Å². The number of nitrogens with zero attached hydrogens (tertiary/aromatic N) is 5. The molecule has 298 valence electrons. The SMILES string of the molecule is c1ccc(-c2nc(-c3ccc4oc5ccccc5c4c3)nc(-c3cc(-n4c5ccccc5c5c4ccc4c6ccccc6n(-c6ccccc6)c45)cc4oc5ccccc5c34)n2)cc1. The maximum absolute atomic E-state index is 6.78. The zero-order valence-corrected chi connectivity index (χ0v) is 34.1. The van der Waals surface area contributed by atoms with Crippen molar-refractivity contribution < 1.29 is 8.83 Å². The van der Waals surface area contributed by atoms with Crippen molar-refractivity contribution in [2.45, 2.75) is 0 Å². The fraction of sp³-hybridized carbons (Fsp3) is 0. The molecule has 64 heavy (non-hydrogen) atoms. The van der Waals surface area contributed by atoms with E-state index in [1.807, 2.05) is 72.8 Å². The molecule has 0 bridgehead atoms. The van der Waals surface area contributed by atoms with Crippen molar-refractivity contribution in [2.75, 3.05) is 0 Å². The summed E-state index contributed by atoms with van der Waals surface area (Å²) in [4.78, 5) is 15.8. The monoisotopic (exact) mass is 819 g/mol. The third-order valence-electron chi connectivity index (χ3n) is 12.7. The first-order valence-electron chi connectivity index (χ1n) is 21.4. The molecule has 0 amide bonds. The molecule has 0 aliphatic rings. The van der Waals surface area contributed by atoms with E-state index in [1.165, 1.54) is 27.2 Å². The van der Waals surface area contributed by atoms with Crippen LogP contribution in [0.3, 0.4) is 0 Å². The van der Waals surface area contributed by atoms with Crippen LogP contribution >= 0.6 is 0 Å². The highest BCUT2D eigenvalue weighted by Crippen LogP contribution is 2.44. The van der Waals surface area contributed by atoms with Crippen LogP contribution in [-0.4, -0.2) is 24.1 Å². The zero-order chi connectivity index (χ0) is 41.9. The molecule has 9 aromatic carbocycles. The molecule has 0 saturated heterocycles. The molecule has 0 radical (unpaired) electrons. The van der Waals surface area contributed by atoms with Crippen molar-refractivity contribution in [3.63, 3.8) is 0 Å². The van der Waals surface area contributed by atoms with E-state index in [0.717, 1.165) is 88.4 Å². The Bertz CT molecular complexity index is 4200. The molecule has 0 saturated carbocycles. The Hall–Kier alpha value is -8.81. The normalized spacial score (nSPS) is 12.1. The number of para-hydroxylation sites is 5. The summed E-state index contributed by atoms with van der Waals surface area (Å²) in [7, 11) is 0. The van der Waals surface area contributed by atoms with Crippen LogP contribution in [0.4, 0.5) is 0 Å². The second kappa shape index (κ2) is 13.3. The van der Waals surface area contributed by atoms with Gasteiger partial charge in [-0.05, 0) is 66.7 Å². The van der Waals surface area contributed by atoms with E-state index < -0.39 is 0 Å². The first-order chi connectivity index (χ1) is 31.7. The number of hydrogen-bond donors (Lipinski definition) is 0. The average molecular weight is 820 g/mol. The number of fused-ring (bicyclic) bond motifs is 13. The van der Waals surface area contributed by atoms with E-state index in [9.17, 15) is 0 Å². The van der Waals surface area contributed by atoms with Crippen LogP contribution in [0, 0.1) is 0 Å². The van der Waals surface area contributed by atoms with Crippen molar-refractivity contribution in [3.8, 4) is 45.5 Å². The van der Waals surface area contributed by atoms with Gasteiger partial charge in [-0.3, -0.25) is 0 Å². The number of aromatic nitrogens is 5. The Balaban J connectivity index is 1.08. The summed E-state index contributed by atoms with van der Waals surface area (Å²) < 4.78 is 17.8. The fourth-order valence-electron chi connectivity index (χ4n) is 9.98. The van der Waals surface area contributed by atoms with E-state index in [4.69, 9.17) is 23.8 Å². The highest BCUT2D eigenvalue weighted by atomic mass is 16.3. The van der Waals surface area contributed by atoms with Crippen LogP contribution in [-0.2, 0) is 0 Å². The van der Waals surface area contributed by atoms with Gasteiger partial charge in [0.2, 0.25) is 0 Å². The van der Waals surface area contributed by atoms with E-state index in [0.29, 0.717) is 17.5 Å². The molecular formula is C57H33N5O2. The van der Waals surface area contributed by atoms with E-state index in [-0.39, 0.29) is 0 Å². The lowest BCUT2D eigenvalue weighted by molar-refractivity contribution is 0.668. The van der Waals surface area contributed by atoms with Gasteiger partial charge < -0.3 is 18.0 Å². The molecule has 5 heterocycles. The van der Waals surface area contributed by atoms with Crippen LogP contribution in [0.1, 0.15) is 0 Å². The lowest BCUT2D eigenvalue weighted by Gasteiger charge is -2.13. The van der Waals surface area contributed by atoms with Crippen molar-refractivity contribution in [1.29, 1.82) is 0 Å². The predicted octanol–water partition coefficient (Wildman–Crippen LogP) is 14.9. The molecule has 14 aromatic rings. The highest BCUT2D eigenvalue weighted by Gasteiger charge is 2.24. The molecule has 0 unspecified atom stereocenters. The largest absolute Gasteiger partial charge is 0.456 e. The topological polar surface area (TPSA) is 74.8 Å². The van der Waals surface area contributed by atoms with Gasteiger partial charge in [0.05, 0.1) is 27.8 Å². The molecule has 7 heteroatoms. The average Bonchev–Trinajstić information content (AvgIpc) is 4.11. The molecule has 0 fully saturated rings. The number of rotatable bonds is 5. The van der Waals surface area contributed by atoms with Crippen molar-refractivity contribution in [2.24, 2.45) is 0 Å². The lowest BCUT2D eigenvalue weighted by atomic mass is 10.0. The maximum Gasteiger partial charge on any atom is 0.164 e. The highest BCUT2D eigenvalue weighted by molar-refractivity contribution is 6.26. The summed E-state index contributed by atoms with van der Waals surface area (Å²) >= 11 is 0. The van der Waals surface area contributed by atoms with Crippen LogP contribution < -0.4 is 0 Å². The molecule has 7 nitrogen and oxygen atoms in total. The van der Waals surface area contributed by atoms with Gasteiger partial charge in [0.1, 0.15) is 22.3 Å². The van der Waals surface area contributed by atoms with Gasteiger partial charge in [0, 0.05) is 71.5 Å². The molecule has 0 spiro atoms. The van der Waals surface area contributed by atoms with E-state index >= 15 is 0 Å². The molecule has 0 atom stereocenters. The lowest BCUT2D eigenvalue weighted by Crippen LogP contribution is -2.01. The van der Waals surface area contributed by atoms with Gasteiger partial charge in [0.25, 0.3) is 0 Å². The summed E-state index contributed by atoms with van der Waals surface area (Å²) in [5.41, 5.74) is 12.3. The van der Waals surface area contributed by atoms with Gasteiger partial charge in [0.15, 0.2) is 17.5 Å². The second-order valence-electron chi connectivity index (χ2n) is 16.3. The van der Waals surface area contributed by atoms with Crippen LogP contribution in [0.2, 0.25) is 0 Å². The van der Waals surface area contributed by atoms with E-state index in [2.05, 4.69) is 137 Å². The second-order valence-corrected chi connectivity index (χ2v) is 16.3. The van der Waals surface area contributed by atoms with Gasteiger partial charge in [-0.2, -0.15) is 0 Å². The van der Waals surface area contributed by atoms with Crippen LogP contribution in [0.5, 0.6) is 0 Å². The Morgan fingerprint density at radius 3 is 1.70 bits per heavy atom. The molecular weight excluding hydrogens is 787 g/mol. The first kappa shape index (κ1) is 34.9. The Morgan fingerprint density at radius 1 is 0.312 bits per heavy atom. The summed E-state index contributed by atoms with van der Waals surface area (Å²) in [6.45, 7) is 0. The predicted molar refractivity (Wildman–Crippen MR) is 259 cm³/mol. The minimum absolute atomic E-state index is 0.548. The minimum Gasteiger partial charge on any atom is -0.456 e. The third-order valence-corrected chi connectivity index (χ3v) is 12.7. The standard InChI is InChI=1S/C57H33N5O2/c1-3-15-34(16-4-1)55-58-56(35-27-30-50-43(31-35)39-20-9-13-25-48(39)63-50)60-57(59-55)44-32-37(33-51-52(44)42-22-10-14-26-49(42)64-51)61-46-24-12-8-21-41(46)53-47(61)29-28-40-38-19-7-11-23-45(38)62(54(40)53)36-17-5-2-6-18-36/h1-33H. The number of benzene rings is 9. The zero-order valence-electron chi connectivity index (χ0n) is 34.1. The Labute approximate surface area is 364 Å². The summed E-state index contributed by atoms with van der Waals surface area (Å²) in [5.74, 6) is 1.69. The van der Waals surface area contributed by atoms with Crippen molar-refractivity contribution in [1.82, 2.24) is 24.1 Å². The Kier molecular flexibility index (Phi) is 7.27.